The quantitative estimate of drug-likeness (QED) is 0.562. The van der Waals surface area contributed by atoms with Gasteiger partial charge in [0.15, 0.2) is 0 Å². The van der Waals surface area contributed by atoms with Crippen molar-refractivity contribution in [2.24, 2.45) is 5.25 Å². The number of aryl methyl sites for hydroxylation is 1. The summed E-state index contributed by atoms with van der Waals surface area (Å²) in [6, 6.07) is 3.23. The lowest BCUT2D eigenvalue weighted by Gasteiger charge is -2.22. The lowest BCUT2D eigenvalue weighted by atomic mass is 9.87. The van der Waals surface area contributed by atoms with Crippen molar-refractivity contribution in [3.05, 3.63) is 17.7 Å². The fourth-order valence-corrected chi connectivity index (χ4v) is 1.96. The Bertz CT molecular complexity index is 441. The lowest BCUT2D eigenvalue weighted by molar-refractivity contribution is 0.482. The summed E-state index contributed by atoms with van der Waals surface area (Å²) in [5, 5.41) is 3.97. The smallest absolute Gasteiger partial charge is 0.282 e. The van der Waals surface area contributed by atoms with Crippen LogP contribution < -0.4 is 5.25 Å². The Labute approximate surface area is 81.2 Å². The zero-order chi connectivity index (χ0) is 10.2. The van der Waals surface area contributed by atoms with Crippen molar-refractivity contribution in [2.45, 2.75) is 11.8 Å². The van der Waals surface area contributed by atoms with Crippen molar-refractivity contribution in [3.63, 3.8) is 0 Å². The third-order valence-electron chi connectivity index (χ3n) is 1.89. The van der Waals surface area contributed by atoms with E-state index in [0.717, 1.165) is 11.1 Å². The molecule has 0 aromatic carbocycles. The Morgan fingerprint density at radius 2 is 1.85 bits per heavy atom. The van der Waals surface area contributed by atoms with Crippen LogP contribution in [0.4, 0.5) is 0 Å². The Balaban J connectivity index is 0.000000396. The van der Waals surface area contributed by atoms with Gasteiger partial charge in [0, 0.05) is 5.56 Å². The molecule has 0 atom stereocenters. The molecule has 3 N–H and O–H groups in total. The Morgan fingerprint density at radius 3 is 2.08 bits per heavy atom. The summed E-state index contributed by atoms with van der Waals surface area (Å²) >= 11 is 4.14. The Kier molecular flexibility index (Phi) is 2.63. The van der Waals surface area contributed by atoms with E-state index in [1.807, 2.05) is 6.92 Å². The van der Waals surface area contributed by atoms with Gasteiger partial charge in [-0.05, 0) is 42.0 Å². The molecule has 4 nitrogen and oxygen atoms in total. The minimum absolute atomic E-state index is 0.0538. The van der Waals surface area contributed by atoms with Crippen LogP contribution in [0.1, 0.15) is 5.56 Å². The molecule has 0 unspecified atom stereocenters. The van der Waals surface area contributed by atoms with Gasteiger partial charge in [0.05, 0.1) is 0 Å². The van der Waals surface area contributed by atoms with Gasteiger partial charge in [0.2, 0.25) is 0 Å². The van der Waals surface area contributed by atoms with E-state index in [4.69, 9.17) is 4.55 Å². The van der Waals surface area contributed by atoms with Crippen molar-refractivity contribution in [3.8, 4) is 11.1 Å². The molecule has 0 heterocycles. The maximum atomic E-state index is 10.5. The van der Waals surface area contributed by atoms with Crippen LogP contribution in [0.25, 0.3) is 11.1 Å². The highest BCUT2D eigenvalue weighted by Gasteiger charge is 2.27. The van der Waals surface area contributed by atoms with Crippen LogP contribution in [0.15, 0.2) is 17.0 Å². The summed E-state index contributed by atoms with van der Waals surface area (Å²) in [5.41, 5.74) is 2.70. The second-order valence-corrected chi connectivity index (χ2v) is 4.03. The van der Waals surface area contributed by atoms with Crippen LogP contribution in [0.5, 0.6) is 0 Å². The minimum atomic E-state index is -3.96. The summed E-state index contributed by atoms with van der Waals surface area (Å²) < 4.78 is 29.7. The molecule has 0 saturated carbocycles. The van der Waals surface area contributed by atoms with Crippen LogP contribution >= 0.6 is 11.8 Å². The van der Waals surface area contributed by atoms with Crippen molar-refractivity contribution < 1.29 is 13.0 Å². The SMILES string of the molecule is Cc1cc2c(S(=O)(=O)O)cc1-2.NCl. The second-order valence-electron chi connectivity index (χ2n) is 2.64. The largest absolute Gasteiger partial charge is 0.295 e. The molecule has 0 fully saturated rings. The number of rotatable bonds is 1. The standard InChI is InChI=1S/C7H6O3S.ClH2N/c1-4-2-6-5(4)3-7(6)11(8,9)10;1-2/h2-3H,1H3,(H,8,9,10);2H2. The second kappa shape index (κ2) is 3.26. The van der Waals surface area contributed by atoms with Crippen molar-refractivity contribution in [2.75, 3.05) is 0 Å². The van der Waals surface area contributed by atoms with E-state index in [1.165, 1.54) is 6.07 Å². The monoisotopic (exact) mass is 221 g/mol. The van der Waals surface area contributed by atoms with E-state index in [9.17, 15) is 8.42 Å². The topological polar surface area (TPSA) is 80.4 Å². The molecule has 0 aliphatic heterocycles. The van der Waals surface area contributed by atoms with Gasteiger partial charge in [-0.15, -0.1) is 0 Å². The molecule has 0 aromatic heterocycles. The zero-order valence-electron chi connectivity index (χ0n) is 6.78. The number of benzene rings is 1. The third-order valence-corrected chi connectivity index (χ3v) is 2.79. The summed E-state index contributed by atoms with van der Waals surface area (Å²) in [6.07, 6.45) is 0. The first-order chi connectivity index (χ1) is 6.00. The van der Waals surface area contributed by atoms with E-state index in [-0.39, 0.29) is 4.90 Å². The molecule has 6 heteroatoms. The highest BCUT2D eigenvalue weighted by Crippen LogP contribution is 2.43. The molecule has 0 radical (unpaired) electrons. The molecule has 13 heavy (non-hydrogen) atoms. The molecular weight excluding hydrogens is 214 g/mol. The van der Waals surface area contributed by atoms with Gasteiger partial charge < -0.3 is 0 Å². The number of nitrogens with two attached hydrogens (primary N) is 1. The van der Waals surface area contributed by atoms with Crippen LogP contribution in [-0.4, -0.2) is 13.0 Å². The van der Waals surface area contributed by atoms with E-state index in [0.29, 0.717) is 5.56 Å². The van der Waals surface area contributed by atoms with E-state index in [2.05, 4.69) is 17.0 Å². The summed E-state index contributed by atoms with van der Waals surface area (Å²) in [6.45, 7) is 1.90. The normalized spacial score (nSPS) is 11.7. The average Bonchev–Trinajstić information content (AvgIpc) is 2.01. The molecule has 0 spiro atoms. The summed E-state index contributed by atoms with van der Waals surface area (Å²) in [4.78, 5) is 0.0538. The first-order valence-corrected chi connectivity index (χ1v) is 5.22. The first-order valence-electron chi connectivity index (χ1n) is 3.34. The van der Waals surface area contributed by atoms with Crippen molar-refractivity contribution in [1.29, 1.82) is 0 Å². The predicted molar refractivity (Wildman–Crippen MR) is 50.0 cm³/mol. The molecule has 0 bridgehead atoms. The van der Waals surface area contributed by atoms with Crippen molar-refractivity contribution >= 4 is 21.9 Å². The van der Waals surface area contributed by atoms with Crippen LogP contribution in [-0.2, 0) is 10.1 Å². The van der Waals surface area contributed by atoms with Gasteiger partial charge in [0.25, 0.3) is 10.1 Å². The van der Waals surface area contributed by atoms with Gasteiger partial charge in [0.1, 0.15) is 4.90 Å². The number of hydrogen-bond donors (Lipinski definition) is 2. The molecule has 0 amide bonds. The van der Waals surface area contributed by atoms with Gasteiger partial charge >= 0.3 is 0 Å². The van der Waals surface area contributed by atoms with Crippen LogP contribution in [0.3, 0.4) is 0 Å². The van der Waals surface area contributed by atoms with E-state index < -0.39 is 10.1 Å². The summed E-state index contributed by atoms with van der Waals surface area (Å²) in [5.74, 6) is 0. The van der Waals surface area contributed by atoms with Crippen LogP contribution in [0.2, 0.25) is 0 Å². The number of fused-ring (bicyclic) bond motifs is 1. The maximum Gasteiger partial charge on any atom is 0.295 e. The Hall–Kier alpha value is -0.620. The third kappa shape index (κ3) is 1.55. The highest BCUT2D eigenvalue weighted by atomic mass is 35.5. The van der Waals surface area contributed by atoms with E-state index in [1.54, 1.807) is 6.07 Å². The van der Waals surface area contributed by atoms with Crippen molar-refractivity contribution in [1.82, 2.24) is 0 Å². The molecule has 72 valence electrons. The van der Waals surface area contributed by atoms with Crippen LogP contribution in [0, 0.1) is 6.92 Å². The molecule has 2 aliphatic carbocycles. The maximum absolute atomic E-state index is 10.5. The lowest BCUT2D eigenvalue weighted by Crippen LogP contribution is -2.09. The Morgan fingerprint density at radius 1 is 1.31 bits per heavy atom. The van der Waals surface area contributed by atoms with Gasteiger partial charge in [-0.2, -0.15) is 8.42 Å². The first kappa shape index (κ1) is 10.5. The van der Waals surface area contributed by atoms with E-state index >= 15 is 0 Å². The van der Waals surface area contributed by atoms with Gasteiger partial charge in [-0.1, -0.05) is 0 Å². The molecule has 0 aromatic rings. The predicted octanol–water partition coefficient (Wildman–Crippen LogP) is 1.32. The number of hydrogen-bond acceptors (Lipinski definition) is 3. The highest BCUT2D eigenvalue weighted by molar-refractivity contribution is 7.86. The van der Waals surface area contributed by atoms with Gasteiger partial charge in [-0.25, -0.2) is 5.25 Å². The van der Waals surface area contributed by atoms with Gasteiger partial charge in [-0.3, -0.25) is 4.55 Å². The molecular formula is C7H8ClNO3S. The minimum Gasteiger partial charge on any atom is -0.282 e. The zero-order valence-corrected chi connectivity index (χ0v) is 8.35. The fraction of sp³-hybridized carbons (Fsp3) is 0.143. The average molecular weight is 222 g/mol. The fourth-order valence-electron chi connectivity index (χ4n) is 1.25. The molecule has 2 aliphatic rings. The molecule has 2 rings (SSSR count). The molecule has 0 saturated heterocycles. The number of halogens is 1. The summed E-state index contributed by atoms with van der Waals surface area (Å²) in [7, 11) is -3.96.